The van der Waals surface area contributed by atoms with Gasteiger partial charge in [0.05, 0.1) is 6.61 Å². The first kappa shape index (κ1) is 27.0. The van der Waals surface area contributed by atoms with E-state index in [1.807, 2.05) is 6.08 Å². The van der Waals surface area contributed by atoms with Gasteiger partial charge in [0.2, 0.25) is 5.82 Å². The maximum Gasteiger partial charge on any atom is 0.200 e. The Morgan fingerprint density at radius 3 is 2.32 bits per heavy atom. The Morgan fingerprint density at radius 1 is 1.03 bits per heavy atom. The second-order valence-electron chi connectivity index (χ2n) is 8.30. The molecule has 2 nitrogen and oxygen atoms in total. The van der Waals surface area contributed by atoms with E-state index in [0.29, 0.717) is 29.2 Å². The van der Waals surface area contributed by atoms with Gasteiger partial charge in [-0.3, -0.25) is 0 Å². The Labute approximate surface area is 201 Å². The van der Waals surface area contributed by atoms with Gasteiger partial charge in [-0.25, -0.2) is 8.78 Å². The van der Waals surface area contributed by atoms with Gasteiger partial charge in [0.25, 0.3) is 0 Å². The summed E-state index contributed by atoms with van der Waals surface area (Å²) in [5.74, 6) is -2.03. The van der Waals surface area contributed by atoms with Gasteiger partial charge in [0.15, 0.2) is 11.6 Å². The lowest BCUT2D eigenvalue weighted by molar-refractivity contribution is 0.243. The first-order valence-corrected chi connectivity index (χ1v) is 11.3. The molecule has 2 rings (SSSR count). The highest BCUT2D eigenvalue weighted by Crippen LogP contribution is 2.38. The number of benzene rings is 1. The fourth-order valence-corrected chi connectivity index (χ4v) is 3.79. The molecule has 0 spiro atoms. The highest BCUT2D eigenvalue weighted by molar-refractivity contribution is 5.48. The number of ether oxygens (including phenoxy) is 2. The van der Waals surface area contributed by atoms with Crippen LogP contribution >= 0.6 is 0 Å². The van der Waals surface area contributed by atoms with Crippen molar-refractivity contribution in [3.05, 3.63) is 115 Å². The molecule has 182 valence electrons. The van der Waals surface area contributed by atoms with E-state index in [4.69, 9.17) is 9.47 Å². The normalized spacial score (nSPS) is 18.4. The molecule has 1 aliphatic carbocycles. The van der Waals surface area contributed by atoms with Crippen molar-refractivity contribution in [1.82, 2.24) is 0 Å². The molecule has 0 N–H and O–H groups in total. The molecule has 0 heterocycles. The van der Waals surface area contributed by atoms with Crippen LogP contribution in [-0.2, 0) is 4.74 Å². The van der Waals surface area contributed by atoms with Crippen LogP contribution in [0.2, 0.25) is 0 Å². The average Bonchev–Trinajstić information content (AvgIpc) is 2.83. The lowest BCUT2D eigenvalue weighted by atomic mass is 9.78. The van der Waals surface area contributed by atoms with E-state index in [1.165, 1.54) is 12.1 Å². The third kappa shape index (κ3) is 7.41. The minimum atomic E-state index is -1.00. The largest absolute Gasteiger partial charge is 0.494 e. The first-order chi connectivity index (χ1) is 16.2. The Balaban J connectivity index is 1.94. The molecule has 1 fully saturated rings. The van der Waals surface area contributed by atoms with Crippen molar-refractivity contribution >= 4 is 0 Å². The molecule has 5 heteroatoms. The molecule has 0 saturated heterocycles. The van der Waals surface area contributed by atoms with Crippen molar-refractivity contribution in [2.45, 2.75) is 38.5 Å². The van der Waals surface area contributed by atoms with Gasteiger partial charge in [-0.15, -0.1) is 6.58 Å². The van der Waals surface area contributed by atoms with E-state index < -0.39 is 17.5 Å². The highest BCUT2D eigenvalue weighted by atomic mass is 19.2. The minimum Gasteiger partial charge on any atom is -0.494 e. The molecule has 0 aromatic heterocycles. The summed E-state index contributed by atoms with van der Waals surface area (Å²) in [6, 6.07) is 3.05. The van der Waals surface area contributed by atoms with E-state index in [0.717, 1.165) is 31.8 Å². The van der Waals surface area contributed by atoms with Gasteiger partial charge in [-0.2, -0.15) is 4.39 Å². The monoisotopic (exact) mass is 470 g/mol. The number of allylic oxidation sites excluding steroid dienone is 6. The topological polar surface area (TPSA) is 18.5 Å². The zero-order valence-corrected chi connectivity index (χ0v) is 19.8. The predicted molar refractivity (Wildman–Crippen MR) is 133 cm³/mol. The SMILES string of the molecule is C=CC1CCC(c2ccc(OCC(=C)/C=C\C(=C)C(=C)/C(F)=C\C(=C)OCC)c(F)c2F)CC1. The Kier molecular flexibility index (Phi) is 10.2. The van der Waals surface area contributed by atoms with E-state index in [9.17, 15) is 13.2 Å². The van der Waals surface area contributed by atoms with Crippen LogP contribution in [0.1, 0.15) is 44.1 Å². The maximum absolute atomic E-state index is 14.7. The molecule has 0 amide bonds. The van der Waals surface area contributed by atoms with Crippen molar-refractivity contribution in [3.8, 4) is 5.75 Å². The number of hydrogen-bond acceptors (Lipinski definition) is 2. The number of rotatable bonds is 12. The molecule has 0 bridgehead atoms. The van der Waals surface area contributed by atoms with Crippen LogP contribution in [-0.4, -0.2) is 13.2 Å². The fourth-order valence-electron chi connectivity index (χ4n) is 3.79. The van der Waals surface area contributed by atoms with Gasteiger partial charge in [0, 0.05) is 11.6 Å². The van der Waals surface area contributed by atoms with Crippen molar-refractivity contribution < 1.29 is 22.6 Å². The summed E-state index contributed by atoms with van der Waals surface area (Å²) >= 11 is 0. The van der Waals surface area contributed by atoms with Crippen molar-refractivity contribution in [1.29, 1.82) is 0 Å². The van der Waals surface area contributed by atoms with E-state index in [2.05, 4.69) is 32.9 Å². The molecule has 1 saturated carbocycles. The van der Waals surface area contributed by atoms with E-state index in [1.54, 1.807) is 19.1 Å². The van der Waals surface area contributed by atoms with Crippen LogP contribution in [0.15, 0.2) is 97.6 Å². The predicted octanol–water partition coefficient (Wildman–Crippen LogP) is 8.43. The molecule has 0 unspecified atom stereocenters. The maximum atomic E-state index is 14.7. The van der Waals surface area contributed by atoms with Gasteiger partial charge < -0.3 is 9.47 Å². The summed E-state index contributed by atoms with van der Waals surface area (Å²) < 4.78 is 54.1. The molecule has 0 radical (unpaired) electrons. The first-order valence-electron chi connectivity index (χ1n) is 11.3. The lowest BCUT2D eigenvalue weighted by Gasteiger charge is -2.27. The van der Waals surface area contributed by atoms with Crippen LogP contribution in [0, 0.1) is 17.6 Å². The summed E-state index contributed by atoms with van der Waals surface area (Å²) in [7, 11) is 0. The van der Waals surface area contributed by atoms with Crippen molar-refractivity contribution in [3.63, 3.8) is 0 Å². The summed E-state index contributed by atoms with van der Waals surface area (Å²) in [6.45, 7) is 20.7. The number of hydrogen-bond donors (Lipinski definition) is 0. The van der Waals surface area contributed by atoms with E-state index >= 15 is 0 Å². The minimum absolute atomic E-state index is 0.00286. The van der Waals surface area contributed by atoms with Gasteiger partial charge in [-0.1, -0.05) is 50.6 Å². The second kappa shape index (κ2) is 12.9. The quantitative estimate of drug-likeness (QED) is 0.173. The molecular weight excluding hydrogens is 437 g/mol. The van der Waals surface area contributed by atoms with Crippen LogP contribution in [0.4, 0.5) is 13.2 Å². The summed E-state index contributed by atoms with van der Waals surface area (Å²) in [5, 5.41) is 0. The standard InChI is InChI=1S/C29H33F3O2/c1-7-23-11-13-24(14-12-23)25-15-16-27(29(32)28(25)31)34-18-19(3)9-10-20(4)22(6)26(30)17-21(5)33-8-2/h7,9-10,15-17,23-24H,1,3-6,8,11-14,18H2,2H3/b10-9-,26-17+. The molecular formula is C29H33F3O2. The molecule has 0 atom stereocenters. The Morgan fingerprint density at radius 2 is 1.71 bits per heavy atom. The average molecular weight is 471 g/mol. The second-order valence-corrected chi connectivity index (χ2v) is 8.30. The number of halogens is 3. The third-order valence-electron chi connectivity index (χ3n) is 5.85. The molecule has 0 aliphatic heterocycles. The van der Waals surface area contributed by atoms with Crippen LogP contribution < -0.4 is 4.74 Å². The lowest BCUT2D eigenvalue weighted by Crippen LogP contribution is -2.13. The Bertz CT molecular complexity index is 1010. The molecule has 34 heavy (non-hydrogen) atoms. The van der Waals surface area contributed by atoms with Gasteiger partial charge in [0.1, 0.15) is 18.2 Å². The summed E-state index contributed by atoms with van der Waals surface area (Å²) in [4.78, 5) is 0. The summed E-state index contributed by atoms with van der Waals surface area (Å²) in [5.41, 5.74) is 1.23. The zero-order chi connectivity index (χ0) is 25.3. The van der Waals surface area contributed by atoms with Crippen LogP contribution in [0.5, 0.6) is 5.75 Å². The highest BCUT2D eigenvalue weighted by Gasteiger charge is 2.25. The smallest absolute Gasteiger partial charge is 0.200 e. The zero-order valence-electron chi connectivity index (χ0n) is 19.8. The third-order valence-corrected chi connectivity index (χ3v) is 5.85. The van der Waals surface area contributed by atoms with Gasteiger partial charge in [-0.05, 0) is 67.2 Å². The van der Waals surface area contributed by atoms with E-state index in [-0.39, 0.29) is 29.6 Å². The van der Waals surface area contributed by atoms with Crippen molar-refractivity contribution in [2.24, 2.45) is 5.92 Å². The summed E-state index contributed by atoms with van der Waals surface area (Å²) in [6.07, 6.45) is 9.61. The molecule has 1 aromatic rings. The Hall–Kier alpha value is -3.21. The fraction of sp³-hybridized carbons (Fsp3) is 0.310. The molecule has 1 aromatic carbocycles. The van der Waals surface area contributed by atoms with Gasteiger partial charge >= 0.3 is 0 Å². The van der Waals surface area contributed by atoms with Crippen molar-refractivity contribution in [2.75, 3.05) is 13.2 Å². The van der Waals surface area contributed by atoms with Crippen LogP contribution in [0.25, 0.3) is 0 Å². The molecule has 1 aliphatic rings. The van der Waals surface area contributed by atoms with Crippen LogP contribution in [0.3, 0.4) is 0 Å².